The van der Waals surface area contributed by atoms with Crippen molar-refractivity contribution in [3.8, 4) is 17.6 Å². The van der Waals surface area contributed by atoms with E-state index in [2.05, 4.69) is 19.9 Å². The second-order valence-corrected chi connectivity index (χ2v) is 8.12. The van der Waals surface area contributed by atoms with Crippen LogP contribution in [-0.4, -0.2) is 37.1 Å². The maximum Gasteiger partial charge on any atom is 0.255 e. The van der Waals surface area contributed by atoms with Crippen molar-refractivity contribution in [2.24, 2.45) is 16.7 Å². The Labute approximate surface area is 148 Å². The molecule has 25 heavy (non-hydrogen) atoms. The Morgan fingerprint density at radius 3 is 2.60 bits per heavy atom. The molecule has 2 aliphatic carbocycles. The van der Waals surface area contributed by atoms with Crippen molar-refractivity contribution in [3.63, 3.8) is 0 Å². The molecule has 5 nitrogen and oxygen atoms in total. The largest absolute Gasteiger partial charge is 0.493 e. The number of amides is 1. The summed E-state index contributed by atoms with van der Waals surface area (Å²) in [6, 6.07) is 7.78. The van der Waals surface area contributed by atoms with Crippen LogP contribution < -0.4 is 9.47 Å². The highest BCUT2D eigenvalue weighted by molar-refractivity contribution is 5.96. The van der Waals surface area contributed by atoms with E-state index in [1.54, 1.807) is 32.4 Å². The van der Waals surface area contributed by atoms with Crippen molar-refractivity contribution in [2.45, 2.75) is 38.6 Å². The molecule has 1 aromatic carbocycles. The van der Waals surface area contributed by atoms with E-state index in [0.717, 1.165) is 12.8 Å². The Bertz CT molecular complexity index is 801. The summed E-state index contributed by atoms with van der Waals surface area (Å²) in [6.07, 6.45) is 3.00. The van der Waals surface area contributed by atoms with E-state index in [9.17, 15) is 10.1 Å². The number of likely N-dealkylation sites (tertiary alicyclic amines) is 1. The van der Waals surface area contributed by atoms with E-state index in [1.807, 2.05) is 4.90 Å². The van der Waals surface area contributed by atoms with E-state index in [-0.39, 0.29) is 16.7 Å². The lowest BCUT2D eigenvalue weighted by Gasteiger charge is -2.43. The summed E-state index contributed by atoms with van der Waals surface area (Å²) in [4.78, 5) is 15.1. The van der Waals surface area contributed by atoms with Crippen LogP contribution in [0.5, 0.6) is 11.5 Å². The zero-order chi connectivity index (χ0) is 18.0. The van der Waals surface area contributed by atoms with Crippen LogP contribution in [0.2, 0.25) is 0 Å². The van der Waals surface area contributed by atoms with Gasteiger partial charge in [0.15, 0.2) is 11.5 Å². The maximum absolute atomic E-state index is 13.3. The van der Waals surface area contributed by atoms with Gasteiger partial charge in [0.2, 0.25) is 0 Å². The molecule has 1 heterocycles. The van der Waals surface area contributed by atoms with Crippen molar-refractivity contribution in [1.29, 1.82) is 5.26 Å². The summed E-state index contributed by atoms with van der Waals surface area (Å²) in [6.45, 7) is 5.14. The summed E-state index contributed by atoms with van der Waals surface area (Å²) in [5.41, 5.74) is -0.224. The molecule has 2 saturated carbocycles. The van der Waals surface area contributed by atoms with Crippen molar-refractivity contribution in [3.05, 3.63) is 23.8 Å². The Kier molecular flexibility index (Phi) is 3.19. The molecular weight excluding hydrogens is 316 g/mol. The molecule has 0 N–H and O–H groups in total. The number of benzene rings is 1. The number of carbonyl (C=O) groups excluding carboxylic acids is 1. The molecule has 4 rings (SSSR count). The van der Waals surface area contributed by atoms with Crippen LogP contribution in [0.3, 0.4) is 0 Å². The third-order valence-electron chi connectivity index (χ3n) is 7.62. The Morgan fingerprint density at radius 1 is 1.28 bits per heavy atom. The number of hydrogen-bond acceptors (Lipinski definition) is 4. The van der Waals surface area contributed by atoms with Gasteiger partial charge in [0.25, 0.3) is 5.91 Å². The zero-order valence-electron chi connectivity index (χ0n) is 15.3. The normalized spacial score (nSPS) is 37.9. The van der Waals surface area contributed by atoms with Gasteiger partial charge >= 0.3 is 0 Å². The van der Waals surface area contributed by atoms with E-state index in [4.69, 9.17) is 9.47 Å². The predicted octanol–water partition coefficient (Wildman–Crippen LogP) is 3.25. The molecule has 5 heteroatoms. The van der Waals surface area contributed by atoms with Gasteiger partial charge in [-0.15, -0.1) is 0 Å². The summed E-state index contributed by atoms with van der Waals surface area (Å²) < 4.78 is 10.6. The standard InChI is InChI=1S/C20H24N2O3/c1-18-12-22(20(11-21)10-14(18)7-8-19(18,20)2)17(23)13-5-6-15(24-3)16(9-13)25-4/h5-6,9,14H,7-8,10,12H2,1-4H3/t14-,18+,19-,20+/m1/s1. The molecule has 0 spiro atoms. The van der Waals surface area contributed by atoms with Crippen LogP contribution in [0.4, 0.5) is 0 Å². The number of ether oxygens (including phenoxy) is 2. The van der Waals surface area contributed by atoms with Gasteiger partial charge in [-0.2, -0.15) is 5.26 Å². The first-order valence-corrected chi connectivity index (χ1v) is 8.82. The van der Waals surface area contributed by atoms with Gasteiger partial charge in [0, 0.05) is 17.5 Å². The predicted molar refractivity (Wildman–Crippen MR) is 92.5 cm³/mol. The molecule has 4 atom stereocenters. The summed E-state index contributed by atoms with van der Waals surface area (Å²) in [5.74, 6) is 1.59. The third-order valence-corrected chi connectivity index (χ3v) is 7.62. The van der Waals surface area contributed by atoms with E-state index in [1.165, 1.54) is 6.42 Å². The smallest absolute Gasteiger partial charge is 0.255 e. The second kappa shape index (κ2) is 4.91. The molecular formula is C20H24N2O3. The number of nitrogens with zero attached hydrogens (tertiary/aromatic N) is 2. The molecule has 3 aliphatic rings. The van der Waals surface area contributed by atoms with Gasteiger partial charge < -0.3 is 14.4 Å². The molecule has 0 aromatic heterocycles. The second-order valence-electron chi connectivity index (χ2n) is 8.12. The van der Waals surface area contributed by atoms with Crippen LogP contribution >= 0.6 is 0 Å². The van der Waals surface area contributed by atoms with Crippen LogP contribution in [0.15, 0.2) is 18.2 Å². The summed E-state index contributed by atoms with van der Waals surface area (Å²) in [7, 11) is 3.13. The average Bonchev–Trinajstić information content (AvgIpc) is 3.08. The fourth-order valence-corrected chi connectivity index (χ4v) is 5.88. The highest BCUT2D eigenvalue weighted by Crippen LogP contribution is 2.75. The summed E-state index contributed by atoms with van der Waals surface area (Å²) in [5, 5.41) is 10.1. The SMILES string of the molecule is COc1ccc(C(=O)N2C[C@@]3(C)[C@@H]4CC[C@@]3(C)[C@@]2(C#N)C4)cc1OC. The minimum atomic E-state index is -0.686. The molecule has 132 valence electrons. The van der Waals surface area contributed by atoms with Crippen molar-refractivity contribution in [2.75, 3.05) is 20.8 Å². The van der Waals surface area contributed by atoms with Gasteiger partial charge in [0.05, 0.1) is 20.3 Å². The van der Waals surface area contributed by atoms with Crippen LogP contribution in [0.1, 0.15) is 43.5 Å². The first-order chi connectivity index (χ1) is 11.9. The number of hydrogen-bond donors (Lipinski definition) is 0. The first kappa shape index (κ1) is 16.3. The highest BCUT2D eigenvalue weighted by Gasteiger charge is 2.78. The average molecular weight is 340 g/mol. The minimum absolute atomic E-state index is 0.0367. The summed E-state index contributed by atoms with van der Waals surface area (Å²) >= 11 is 0. The van der Waals surface area contributed by atoms with Gasteiger partial charge in [-0.25, -0.2) is 0 Å². The maximum atomic E-state index is 13.3. The fraction of sp³-hybridized carbons (Fsp3) is 0.600. The van der Waals surface area contributed by atoms with Gasteiger partial charge in [-0.05, 0) is 48.8 Å². The first-order valence-electron chi connectivity index (χ1n) is 8.82. The molecule has 1 aliphatic heterocycles. The molecule has 4 bridgehead atoms. The number of rotatable bonds is 3. The monoisotopic (exact) mass is 340 g/mol. The molecule has 1 amide bonds. The number of piperidine rings is 1. The molecule has 0 radical (unpaired) electrons. The molecule has 1 saturated heterocycles. The van der Waals surface area contributed by atoms with Crippen LogP contribution in [-0.2, 0) is 0 Å². The van der Waals surface area contributed by atoms with Crippen LogP contribution in [0, 0.1) is 28.1 Å². The Balaban J connectivity index is 1.75. The number of methoxy groups -OCH3 is 2. The Hall–Kier alpha value is -2.22. The number of nitriles is 1. The van der Waals surface area contributed by atoms with E-state index >= 15 is 0 Å². The highest BCUT2D eigenvalue weighted by atomic mass is 16.5. The third kappa shape index (κ3) is 1.65. The van der Waals surface area contributed by atoms with Gasteiger partial charge in [0.1, 0.15) is 5.54 Å². The molecule has 1 aromatic rings. The van der Waals surface area contributed by atoms with Crippen molar-refractivity contribution in [1.82, 2.24) is 4.90 Å². The molecule has 3 fully saturated rings. The van der Waals surface area contributed by atoms with Crippen molar-refractivity contribution < 1.29 is 14.3 Å². The minimum Gasteiger partial charge on any atom is -0.493 e. The van der Waals surface area contributed by atoms with E-state index in [0.29, 0.717) is 29.5 Å². The Morgan fingerprint density at radius 2 is 2.00 bits per heavy atom. The zero-order valence-corrected chi connectivity index (χ0v) is 15.3. The van der Waals surface area contributed by atoms with Crippen LogP contribution in [0.25, 0.3) is 0 Å². The lowest BCUT2D eigenvalue weighted by atomic mass is 9.66. The molecule has 0 unspecified atom stereocenters. The number of carbonyl (C=O) groups is 1. The fourth-order valence-electron chi connectivity index (χ4n) is 5.88. The van der Waals surface area contributed by atoms with E-state index < -0.39 is 5.54 Å². The topological polar surface area (TPSA) is 62.6 Å². The van der Waals surface area contributed by atoms with Gasteiger partial charge in [-0.3, -0.25) is 4.79 Å². The van der Waals surface area contributed by atoms with Crippen molar-refractivity contribution >= 4 is 5.91 Å². The lowest BCUT2D eigenvalue weighted by molar-refractivity contribution is 0.0429. The quantitative estimate of drug-likeness (QED) is 0.847. The van der Waals surface area contributed by atoms with Gasteiger partial charge in [-0.1, -0.05) is 13.8 Å². The lowest BCUT2D eigenvalue weighted by Crippen LogP contribution is -2.54.